The smallest absolute Gasteiger partial charge is 0.223 e. The number of hydrogen-bond donors (Lipinski definition) is 2. The third kappa shape index (κ3) is 6.35. The van der Waals surface area contributed by atoms with E-state index in [1.54, 1.807) is 11.8 Å². The molecule has 0 heterocycles. The van der Waals surface area contributed by atoms with Gasteiger partial charge in [0, 0.05) is 18.2 Å². The van der Waals surface area contributed by atoms with Crippen LogP contribution in [0.5, 0.6) is 0 Å². The van der Waals surface area contributed by atoms with Crippen molar-refractivity contribution in [1.82, 2.24) is 10.2 Å². The van der Waals surface area contributed by atoms with E-state index in [4.69, 9.17) is 0 Å². The molecule has 5 heteroatoms. The molecule has 4 nitrogen and oxygen atoms in total. The lowest BCUT2D eigenvalue weighted by atomic mass is 10.1. The lowest BCUT2D eigenvalue weighted by Crippen LogP contribution is -2.47. The Morgan fingerprint density at radius 3 is 2.44 bits per heavy atom. The van der Waals surface area contributed by atoms with Crippen LogP contribution in [0.25, 0.3) is 0 Å². The molecule has 0 spiro atoms. The number of carbonyl (C=O) groups excluding carboxylic acids is 1. The Balaban J connectivity index is 4.02. The van der Waals surface area contributed by atoms with Crippen molar-refractivity contribution >= 4 is 17.7 Å². The Labute approximate surface area is 103 Å². The van der Waals surface area contributed by atoms with Crippen LogP contribution in [0.15, 0.2) is 0 Å². The maximum atomic E-state index is 11.7. The van der Waals surface area contributed by atoms with E-state index in [0.29, 0.717) is 6.54 Å². The SMILES string of the molecule is CSCC(C)C(=O)NC(C)C(O)CN(C)C. The molecule has 2 N–H and O–H groups in total. The number of aliphatic hydroxyl groups excluding tert-OH is 1. The molecule has 16 heavy (non-hydrogen) atoms. The molecule has 0 aliphatic carbocycles. The fraction of sp³-hybridized carbons (Fsp3) is 0.909. The van der Waals surface area contributed by atoms with Crippen molar-refractivity contribution in [3.05, 3.63) is 0 Å². The van der Waals surface area contributed by atoms with Crippen LogP contribution in [0, 0.1) is 5.92 Å². The molecule has 0 fully saturated rings. The van der Waals surface area contributed by atoms with Gasteiger partial charge in [0.25, 0.3) is 0 Å². The average molecular weight is 248 g/mol. The van der Waals surface area contributed by atoms with Gasteiger partial charge in [0.15, 0.2) is 0 Å². The van der Waals surface area contributed by atoms with Crippen LogP contribution in [0.4, 0.5) is 0 Å². The zero-order chi connectivity index (χ0) is 12.7. The maximum Gasteiger partial charge on any atom is 0.223 e. The summed E-state index contributed by atoms with van der Waals surface area (Å²) in [5.41, 5.74) is 0. The van der Waals surface area contributed by atoms with E-state index in [1.165, 1.54) is 0 Å². The van der Waals surface area contributed by atoms with Gasteiger partial charge in [-0.15, -0.1) is 0 Å². The van der Waals surface area contributed by atoms with Gasteiger partial charge in [-0.25, -0.2) is 0 Å². The lowest BCUT2D eigenvalue weighted by Gasteiger charge is -2.24. The van der Waals surface area contributed by atoms with E-state index in [0.717, 1.165) is 5.75 Å². The molecular formula is C11H24N2O2S. The summed E-state index contributed by atoms with van der Waals surface area (Å²) < 4.78 is 0. The highest BCUT2D eigenvalue weighted by atomic mass is 32.2. The second-order valence-electron chi connectivity index (χ2n) is 4.48. The second kappa shape index (κ2) is 7.92. The quantitative estimate of drug-likeness (QED) is 0.685. The van der Waals surface area contributed by atoms with E-state index in [9.17, 15) is 9.90 Å². The average Bonchev–Trinajstić information content (AvgIpc) is 2.16. The minimum absolute atomic E-state index is 0.0102. The first-order valence-electron chi connectivity index (χ1n) is 5.50. The van der Waals surface area contributed by atoms with Gasteiger partial charge < -0.3 is 15.3 Å². The van der Waals surface area contributed by atoms with Gasteiger partial charge in [0.1, 0.15) is 0 Å². The second-order valence-corrected chi connectivity index (χ2v) is 5.39. The molecule has 0 aliphatic heterocycles. The molecule has 1 amide bonds. The first-order chi connectivity index (χ1) is 7.38. The molecule has 96 valence electrons. The van der Waals surface area contributed by atoms with E-state index in [1.807, 2.05) is 39.1 Å². The van der Waals surface area contributed by atoms with Crippen molar-refractivity contribution < 1.29 is 9.90 Å². The number of aliphatic hydroxyl groups is 1. The van der Waals surface area contributed by atoms with Crippen molar-refractivity contribution in [2.75, 3.05) is 32.6 Å². The number of hydrogen-bond acceptors (Lipinski definition) is 4. The van der Waals surface area contributed by atoms with Gasteiger partial charge >= 0.3 is 0 Å². The molecule has 0 saturated heterocycles. The molecule has 0 saturated carbocycles. The monoisotopic (exact) mass is 248 g/mol. The molecule has 0 bridgehead atoms. The standard InChI is InChI=1S/C11H24N2O2S/c1-8(7-16-5)11(15)12-9(2)10(14)6-13(3)4/h8-10,14H,6-7H2,1-5H3,(H,12,15). The highest BCUT2D eigenvalue weighted by Gasteiger charge is 2.20. The minimum Gasteiger partial charge on any atom is -0.390 e. The fourth-order valence-electron chi connectivity index (χ4n) is 1.32. The van der Waals surface area contributed by atoms with Crippen LogP contribution in [-0.4, -0.2) is 60.7 Å². The first-order valence-corrected chi connectivity index (χ1v) is 6.90. The summed E-state index contributed by atoms with van der Waals surface area (Å²) in [7, 11) is 3.79. The van der Waals surface area contributed by atoms with E-state index in [-0.39, 0.29) is 17.9 Å². The Kier molecular flexibility index (Phi) is 7.80. The van der Waals surface area contributed by atoms with Crippen molar-refractivity contribution in [3.63, 3.8) is 0 Å². The topological polar surface area (TPSA) is 52.6 Å². The largest absolute Gasteiger partial charge is 0.390 e. The van der Waals surface area contributed by atoms with Gasteiger partial charge in [-0.05, 0) is 27.3 Å². The Morgan fingerprint density at radius 2 is 2.00 bits per heavy atom. The molecule has 0 aromatic heterocycles. The van der Waals surface area contributed by atoms with Gasteiger partial charge in [0.05, 0.1) is 12.1 Å². The zero-order valence-electron chi connectivity index (χ0n) is 10.9. The number of thioether (sulfide) groups is 1. The molecule has 0 rings (SSSR count). The number of carbonyl (C=O) groups is 1. The molecule has 0 aromatic carbocycles. The Morgan fingerprint density at radius 1 is 1.44 bits per heavy atom. The predicted molar refractivity (Wildman–Crippen MR) is 69.7 cm³/mol. The molecule has 0 aliphatic rings. The summed E-state index contributed by atoms with van der Waals surface area (Å²) in [4.78, 5) is 13.6. The number of nitrogens with one attached hydrogen (secondary N) is 1. The summed E-state index contributed by atoms with van der Waals surface area (Å²) in [5.74, 6) is 0.811. The highest BCUT2D eigenvalue weighted by Crippen LogP contribution is 2.05. The first kappa shape index (κ1) is 15.7. The number of nitrogens with zero attached hydrogens (tertiary/aromatic N) is 1. The van der Waals surface area contributed by atoms with Crippen molar-refractivity contribution in [1.29, 1.82) is 0 Å². The molecular weight excluding hydrogens is 224 g/mol. The number of amides is 1. The number of likely N-dealkylation sites (N-methyl/N-ethyl adjacent to an activating group) is 1. The van der Waals surface area contributed by atoms with Crippen LogP contribution in [0.2, 0.25) is 0 Å². The van der Waals surface area contributed by atoms with Crippen LogP contribution < -0.4 is 5.32 Å². The van der Waals surface area contributed by atoms with Gasteiger partial charge in [-0.1, -0.05) is 6.92 Å². The van der Waals surface area contributed by atoms with Gasteiger partial charge in [-0.2, -0.15) is 11.8 Å². The number of rotatable bonds is 7. The predicted octanol–water partition coefficient (Wildman–Crippen LogP) is 0.413. The van der Waals surface area contributed by atoms with Gasteiger partial charge in [-0.3, -0.25) is 4.79 Å². The van der Waals surface area contributed by atoms with Crippen LogP contribution in [0.3, 0.4) is 0 Å². The molecule has 0 aromatic rings. The molecule has 3 atom stereocenters. The zero-order valence-corrected chi connectivity index (χ0v) is 11.7. The van der Waals surface area contributed by atoms with E-state index < -0.39 is 6.10 Å². The summed E-state index contributed by atoms with van der Waals surface area (Å²) in [6.45, 7) is 4.28. The van der Waals surface area contributed by atoms with Crippen molar-refractivity contribution in [2.24, 2.45) is 5.92 Å². The van der Waals surface area contributed by atoms with Crippen LogP contribution in [0.1, 0.15) is 13.8 Å². The van der Waals surface area contributed by atoms with Crippen molar-refractivity contribution in [3.8, 4) is 0 Å². The minimum atomic E-state index is -0.527. The summed E-state index contributed by atoms with van der Waals surface area (Å²) in [6, 6.07) is -0.209. The van der Waals surface area contributed by atoms with E-state index >= 15 is 0 Å². The summed E-state index contributed by atoms with van der Waals surface area (Å²) in [5, 5.41) is 12.6. The lowest BCUT2D eigenvalue weighted by molar-refractivity contribution is -0.125. The molecule has 0 radical (unpaired) electrons. The van der Waals surface area contributed by atoms with Gasteiger partial charge in [0.2, 0.25) is 5.91 Å². The fourth-order valence-corrected chi connectivity index (χ4v) is 1.97. The third-order valence-corrected chi connectivity index (χ3v) is 3.20. The van der Waals surface area contributed by atoms with E-state index in [2.05, 4.69) is 5.32 Å². The summed E-state index contributed by atoms with van der Waals surface area (Å²) >= 11 is 1.65. The Hall–Kier alpha value is -0.260. The Bertz CT molecular complexity index is 212. The van der Waals surface area contributed by atoms with Crippen LogP contribution >= 0.6 is 11.8 Å². The maximum absolute atomic E-state index is 11.7. The van der Waals surface area contributed by atoms with Crippen LogP contribution in [-0.2, 0) is 4.79 Å². The highest BCUT2D eigenvalue weighted by molar-refractivity contribution is 7.98. The normalized spacial score (nSPS) is 16.9. The third-order valence-electron chi connectivity index (χ3n) is 2.36. The molecule has 3 unspecified atom stereocenters. The van der Waals surface area contributed by atoms with Crippen molar-refractivity contribution in [2.45, 2.75) is 26.0 Å². The summed E-state index contributed by atoms with van der Waals surface area (Å²) in [6.07, 6.45) is 1.45.